The van der Waals surface area contributed by atoms with Crippen molar-refractivity contribution in [3.05, 3.63) is 64.2 Å². The quantitative estimate of drug-likeness (QED) is 0.874. The number of hydrogen-bond donors (Lipinski definition) is 1. The van der Waals surface area contributed by atoms with Crippen LogP contribution in [0.1, 0.15) is 40.8 Å². The van der Waals surface area contributed by atoms with Crippen LogP contribution in [0.15, 0.2) is 36.4 Å². The third kappa shape index (κ3) is 3.85. The molecule has 2 heteroatoms. The van der Waals surface area contributed by atoms with Gasteiger partial charge in [-0.1, -0.05) is 24.3 Å². The highest BCUT2D eigenvalue weighted by Crippen LogP contribution is 2.20. The van der Waals surface area contributed by atoms with Gasteiger partial charge in [0.2, 0.25) is 0 Å². The average Bonchev–Trinajstić information content (AvgIpc) is 2.49. The molecule has 0 saturated carbocycles. The summed E-state index contributed by atoms with van der Waals surface area (Å²) in [7, 11) is 1.70. The SMILES string of the molecule is COc1cccc([C@H](C)NCc2cc(C)c(C)cc2C)c1. The van der Waals surface area contributed by atoms with Gasteiger partial charge in [-0.3, -0.25) is 0 Å². The molecule has 0 aliphatic carbocycles. The highest BCUT2D eigenvalue weighted by atomic mass is 16.5. The van der Waals surface area contributed by atoms with Crippen molar-refractivity contribution in [2.24, 2.45) is 0 Å². The Bertz CT molecular complexity index is 619. The lowest BCUT2D eigenvalue weighted by Crippen LogP contribution is -2.18. The van der Waals surface area contributed by atoms with Crippen molar-refractivity contribution >= 4 is 0 Å². The largest absolute Gasteiger partial charge is 0.497 e. The molecule has 0 amide bonds. The lowest BCUT2D eigenvalue weighted by atomic mass is 10.0. The Kier molecular flexibility index (Phi) is 5.03. The topological polar surface area (TPSA) is 21.3 Å². The van der Waals surface area contributed by atoms with Gasteiger partial charge < -0.3 is 10.1 Å². The zero-order valence-corrected chi connectivity index (χ0v) is 13.7. The molecule has 0 fully saturated rings. The third-order valence-corrected chi connectivity index (χ3v) is 4.14. The number of nitrogens with one attached hydrogen (secondary N) is 1. The molecule has 21 heavy (non-hydrogen) atoms. The van der Waals surface area contributed by atoms with Crippen LogP contribution in [0.3, 0.4) is 0 Å². The first-order chi connectivity index (χ1) is 10.0. The van der Waals surface area contributed by atoms with Gasteiger partial charge in [0, 0.05) is 12.6 Å². The van der Waals surface area contributed by atoms with Crippen LogP contribution in [0.25, 0.3) is 0 Å². The van der Waals surface area contributed by atoms with E-state index in [2.05, 4.69) is 57.3 Å². The fourth-order valence-corrected chi connectivity index (χ4v) is 2.50. The molecule has 0 aliphatic rings. The first-order valence-electron chi connectivity index (χ1n) is 7.45. The molecule has 1 atom stereocenters. The van der Waals surface area contributed by atoms with Crippen molar-refractivity contribution in [1.82, 2.24) is 5.32 Å². The summed E-state index contributed by atoms with van der Waals surface area (Å²) in [6.07, 6.45) is 0. The van der Waals surface area contributed by atoms with E-state index < -0.39 is 0 Å². The van der Waals surface area contributed by atoms with Gasteiger partial charge in [0.05, 0.1) is 7.11 Å². The Morgan fingerprint density at radius 1 is 1.00 bits per heavy atom. The first-order valence-corrected chi connectivity index (χ1v) is 7.45. The minimum Gasteiger partial charge on any atom is -0.497 e. The van der Waals surface area contributed by atoms with Crippen LogP contribution in [0.4, 0.5) is 0 Å². The smallest absolute Gasteiger partial charge is 0.119 e. The molecule has 2 rings (SSSR count). The van der Waals surface area contributed by atoms with E-state index in [0.717, 1.165) is 12.3 Å². The molecule has 0 bridgehead atoms. The molecule has 0 aromatic heterocycles. The molecule has 0 unspecified atom stereocenters. The van der Waals surface area contributed by atoms with Gasteiger partial charge in [0.15, 0.2) is 0 Å². The van der Waals surface area contributed by atoms with E-state index in [4.69, 9.17) is 4.74 Å². The zero-order chi connectivity index (χ0) is 15.4. The Hall–Kier alpha value is -1.80. The maximum atomic E-state index is 5.29. The Morgan fingerprint density at radius 3 is 2.43 bits per heavy atom. The molecule has 0 radical (unpaired) electrons. The van der Waals surface area contributed by atoms with Gasteiger partial charge in [-0.05, 0) is 67.6 Å². The van der Waals surface area contributed by atoms with Crippen LogP contribution in [-0.2, 0) is 6.54 Å². The number of methoxy groups -OCH3 is 1. The molecule has 112 valence electrons. The highest BCUT2D eigenvalue weighted by Gasteiger charge is 2.08. The summed E-state index contributed by atoms with van der Waals surface area (Å²) in [6, 6.07) is 13.1. The molecule has 0 heterocycles. The second kappa shape index (κ2) is 6.77. The highest BCUT2D eigenvalue weighted by molar-refractivity contribution is 5.36. The maximum Gasteiger partial charge on any atom is 0.119 e. The predicted molar refractivity (Wildman–Crippen MR) is 88.9 cm³/mol. The van der Waals surface area contributed by atoms with E-state index in [1.54, 1.807) is 7.11 Å². The van der Waals surface area contributed by atoms with Crippen molar-refractivity contribution in [2.75, 3.05) is 7.11 Å². The van der Waals surface area contributed by atoms with Crippen LogP contribution in [0.2, 0.25) is 0 Å². The summed E-state index contributed by atoms with van der Waals surface area (Å²) >= 11 is 0. The van der Waals surface area contributed by atoms with Crippen LogP contribution in [0.5, 0.6) is 5.75 Å². The normalized spacial score (nSPS) is 12.2. The van der Waals surface area contributed by atoms with Gasteiger partial charge in [-0.15, -0.1) is 0 Å². The number of ether oxygens (including phenoxy) is 1. The number of benzene rings is 2. The summed E-state index contributed by atoms with van der Waals surface area (Å²) in [5.41, 5.74) is 6.68. The van der Waals surface area contributed by atoms with E-state index >= 15 is 0 Å². The van der Waals surface area contributed by atoms with Crippen LogP contribution < -0.4 is 10.1 Å². The molecule has 0 aliphatic heterocycles. The third-order valence-electron chi connectivity index (χ3n) is 4.14. The summed E-state index contributed by atoms with van der Waals surface area (Å²) < 4.78 is 5.29. The van der Waals surface area contributed by atoms with Gasteiger partial charge in [-0.25, -0.2) is 0 Å². The fraction of sp³-hybridized carbons (Fsp3) is 0.368. The van der Waals surface area contributed by atoms with Gasteiger partial charge in [-0.2, -0.15) is 0 Å². The molecular formula is C19H25NO. The minimum absolute atomic E-state index is 0.293. The molecule has 2 aromatic carbocycles. The van der Waals surface area contributed by atoms with E-state index in [1.807, 2.05) is 12.1 Å². The summed E-state index contributed by atoms with van der Waals surface area (Å²) in [4.78, 5) is 0. The van der Waals surface area contributed by atoms with Crippen LogP contribution in [0, 0.1) is 20.8 Å². The Morgan fingerprint density at radius 2 is 1.71 bits per heavy atom. The fourth-order valence-electron chi connectivity index (χ4n) is 2.50. The van der Waals surface area contributed by atoms with E-state index in [-0.39, 0.29) is 0 Å². The Balaban J connectivity index is 2.07. The average molecular weight is 283 g/mol. The van der Waals surface area contributed by atoms with Crippen molar-refractivity contribution in [3.8, 4) is 5.75 Å². The standard InChI is InChI=1S/C19H25NO/c1-13-9-15(3)18(10-14(13)2)12-20-16(4)17-7-6-8-19(11-17)21-5/h6-11,16,20H,12H2,1-5H3/t16-/m0/s1. The summed E-state index contributed by atoms with van der Waals surface area (Å²) in [6.45, 7) is 9.58. The van der Waals surface area contributed by atoms with Crippen molar-refractivity contribution in [2.45, 2.75) is 40.3 Å². The molecule has 2 nitrogen and oxygen atoms in total. The molecule has 1 N–H and O–H groups in total. The van der Waals surface area contributed by atoms with Crippen molar-refractivity contribution < 1.29 is 4.74 Å². The number of hydrogen-bond acceptors (Lipinski definition) is 2. The maximum absolute atomic E-state index is 5.29. The summed E-state index contributed by atoms with van der Waals surface area (Å²) in [5, 5.41) is 3.60. The lowest BCUT2D eigenvalue weighted by Gasteiger charge is -2.17. The Labute approximate surface area is 128 Å². The van der Waals surface area contributed by atoms with Crippen LogP contribution in [-0.4, -0.2) is 7.11 Å². The van der Waals surface area contributed by atoms with E-state index in [9.17, 15) is 0 Å². The molecule has 0 saturated heterocycles. The first kappa shape index (κ1) is 15.6. The van der Waals surface area contributed by atoms with Gasteiger partial charge in [0.25, 0.3) is 0 Å². The lowest BCUT2D eigenvalue weighted by molar-refractivity contribution is 0.413. The van der Waals surface area contributed by atoms with E-state index in [1.165, 1.54) is 27.8 Å². The molecular weight excluding hydrogens is 258 g/mol. The minimum atomic E-state index is 0.293. The number of aryl methyl sites for hydroxylation is 3. The van der Waals surface area contributed by atoms with Crippen LogP contribution >= 0.6 is 0 Å². The monoisotopic (exact) mass is 283 g/mol. The number of rotatable bonds is 5. The van der Waals surface area contributed by atoms with Crippen molar-refractivity contribution in [3.63, 3.8) is 0 Å². The second-order valence-electron chi connectivity index (χ2n) is 5.74. The van der Waals surface area contributed by atoms with Gasteiger partial charge >= 0.3 is 0 Å². The van der Waals surface area contributed by atoms with E-state index in [0.29, 0.717) is 6.04 Å². The predicted octanol–water partition coefficient (Wildman–Crippen LogP) is 4.47. The second-order valence-corrected chi connectivity index (χ2v) is 5.74. The summed E-state index contributed by atoms with van der Waals surface area (Å²) in [5.74, 6) is 0.906. The molecule has 2 aromatic rings. The molecule has 0 spiro atoms. The van der Waals surface area contributed by atoms with Gasteiger partial charge in [0.1, 0.15) is 5.75 Å². The van der Waals surface area contributed by atoms with Crippen molar-refractivity contribution in [1.29, 1.82) is 0 Å². The zero-order valence-electron chi connectivity index (χ0n) is 13.7.